The van der Waals surface area contributed by atoms with Gasteiger partial charge >= 0.3 is 0 Å². The van der Waals surface area contributed by atoms with Crippen LogP contribution in [0.1, 0.15) is 10.8 Å². The summed E-state index contributed by atoms with van der Waals surface area (Å²) in [6.07, 6.45) is 3.75. The van der Waals surface area contributed by atoms with Gasteiger partial charge in [0.25, 0.3) is 0 Å². The van der Waals surface area contributed by atoms with E-state index in [2.05, 4.69) is 15.2 Å². The minimum atomic E-state index is 0.845. The predicted octanol–water partition coefficient (Wildman–Crippen LogP) is 1.87. The fourth-order valence-corrected chi connectivity index (χ4v) is 2.82. The van der Waals surface area contributed by atoms with Crippen molar-refractivity contribution in [3.63, 3.8) is 0 Å². The molecule has 14 heavy (non-hydrogen) atoms. The summed E-state index contributed by atoms with van der Waals surface area (Å²) in [5.74, 6) is 1.90. The quantitative estimate of drug-likeness (QED) is 0.749. The lowest BCUT2D eigenvalue weighted by Crippen LogP contribution is -1.93. The van der Waals surface area contributed by atoms with Crippen molar-refractivity contribution in [2.24, 2.45) is 7.05 Å². The van der Waals surface area contributed by atoms with E-state index in [1.54, 1.807) is 29.3 Å². The molecule has 0 aromatic carbocycles. The van der Waals surface area contributed by atoms with E-state index in [4.69, 9.17) is 0 Å². The molecule has 0 N–H and O–H groups in total. The molecule has 0 unspecified atom stereocenters. The van der Waals surface area contributed by atoms with E-state index < -0.39 is 0 Å². The van der Waals surface area contributed by atoms with Gasteiger partial charge in [0.2, 0.25) is 0 Å². The maximum atomic E-state index is 4.24. The third kappa shape index (κ3) is 2.13. The minimum absolute atomic E-state index is 0.845. The Balaban J connectivity index is 1.98. The molecule has 2 heterocycles. The lowest BCUT2D eigenvalue weighted by atomic mass is 10.7. The summed E-state index contributed by atoms with van der Waals surface area (Å²) in [6, 6.07) is 0. The zero-order chi connectivity index (χ0) is 9.97. The average molecular weight is 226 g/mol. The number of rotatable bonds is 3. The maximum Gasteiger partial charge on any atom is 0.174 e. The zero-order valence-electron chi connectivity index (χ0n) is 7.97. The number of thioether (sulfide) groups is 1. The summed E-state index contributed by atoms with van der Waals surface area (Å²) < 4.78 is 3.02. The van der Waals surface area contributed by atoms with E-state index in [-0.39, 0.29) is 0 Å². The molecule has 2 rings (SSSR count). The molecule has 6 heteroatoms. The number of hydrogen-bond donors (Lipinski definition) is 0. The second-order valence-corrected chi connectivity index (χ2v) is 5.23. The SMILES string of the molecule is Cc1nnc(SCc2nccn2C)s1. The summed E-state index contributed by atoms with van der Waals surface area (Å²) >= 11 is 3.29. The molecule has 2 aromatic heterocycles. The van der Waals surface area contributed by atoms with Crippen molar-refractivity contribution in [1.29, 1.82) is 0 Å². The summed E-state index contributed by atoms with van der Waals surface area (Å²) in [5, 5.41) is 9.01. The molecule has 0 saturated heterocycles. The normalized spacial score (nSPS) is 10.7. The Morgan fingerprint density at radius 3 is 2.93 bits per heavy atom. The van der Waals surface area contributed by atoms with Crippen LogP contribution in [-0.2, 0) is 12.8 Å². The second-order valence-electron chi connectivity index (χ2n) is 2.83. The van der Waals surface area contributed by atoms with Crippen LogP contribution in [0.2, 0.25) is 0 Å². The molecule has 4 nitrogen and oxygen atoms in total. The summed E-state index contributed by atoms with van der Waals surface area (Å²) in [7, 11) is 1.99. The highest BCUT2D eigenvalue weighted by Crippen LogP contribution is 2.24. The summed E-state index contributed by atoms with van der Waals surface area (Å²) in [5.41, 5.74) is 0. The lowest BCUT2D eigenvalue weighted by molar-refractivity contribution is 0.848. The molecule has 74 valence electrons. The van der Waals surface area contributed by atoms with Gasteiger partial charge in [0, 0.05) is 19.4 Å². The van der Waals surface area contributed by atoms with Gasteiger partial charge < -0.3 is 4.57 Å². The van der Waals surface area contributed by atoms with Crippen molar-refractivity contribution in [3.05, 3.63) is 23.2 Å². The van der Waals surface area contributed by atoms with Crippen LogP contribution >= 0.6 is 23.1 Å². The Kier molecular flexibility index (Phi) is 2.83. The first-order chi connectivity index (χ1) is 6.75. The van der Waals surface area contributed by atoms with Crippen molar-refractivity contribution >= 4 is 23.1 Å². The molecule has 0 amide bonds. The van der Waals surface area contributed by atoms with Crippen LogP contribution in [0, 0.1) is 6.92 Å². The van der Waals surface area contributed by atoms with Gasteiger partial charge in [-0.05, 0) is 6.92 Å². The van der Waals surface area contributed by atoms with E-state index >= 15 is 0 Å². The molecule has 0 saturated carbocycles. The van der Waals surface area contributed by atoms with Crippen LogP contribution in [0.3, 0.4) is 0 Å². The Hall–Kier alpha value is -0.880. The predicted molar refractivity (Wildman–Crippen MR) is 57.4 cm³/mol. The molecule has 0 spiro atoms. The van der Waals surface area contributed by atoms with Crippen molar-refractivity contribution in [1.82, 2.24) is 19.7 Å². The standard InChI is InChI=1S/C8H10N4S2/c1-6-10-11-8(14-6)13-5-7-9-3-4-12(7)2/h3-4H,5H2,1-2H3. The third-order valence-electron chi connectivity index (χ3n) is 1.75. The van der Waals surface area contributed by atoms with E-state index in [0.717, 1.165) is 20.9 Å². The van der Waals surface area contributed by atoms with E-state index in [1.165, 1.54) is 0 Å². The van der Waals surface area contributed by atoms with Crippen LogP contribution in [-0.4, -0.2) is 19.7 Å². The Labute approximate surface area is 90.4 Å². The Morgan fingerprint density at radius 2 is 2.36 bits per heavy atom. The van der Waals surface area contributed by atoms with Crippen LogP contribution in [0.4, 0.5) is 0 Å². The highest BCUT2D eigenvalue weighted by molar-refractivity contribution is 8.00. The van der Waals surface area contributed by atoms with Gasteiger partial charge in [-0.25, -0.2) is 4.98 Å². The van der Waals surface area contributed by atoms with Gasteiger partial charge in [-0.2, -0.15) is 0 Å². The van der Waals surface area contributed by atoms with E-state index in [0.29, 0.717) is 0 Å². The molecule has 0 aliphatic rings. The maximum absolute atomic E-state index is 4.24. The van der Waals surface area contributed by atoms with Crippen molar-refractivity contribution in [2.75, 3.05) is 0 Å². The summed E-state index contributed by atoms with van der Waals surface area (Å²) in [4.78, 5) is 4.24. The largest absolute Gasteiger partial charge is 0.337 e. The van der Waals surface area contributed by atoms with Gasteiger partial charge in [-0.1, -0.05) is 23.1 Å². The molecule has 0 aliphatic carbocycles. The average Bonchev–Trinajstić information content (AvgIpc) is 2.72. The number of hydrogen-bond acceptors (Lipinski definition) is 5. The van der Waals surface area contributed by atoms with Gasteiger partial charge in [0.05, 0.1) is 5.75 Å². The van der Waals surface area contributed by atoms with Gasteiger partial charge in [-0.15, -0.1) is 10.2 Å². The molecule has 0 fully saturated rings. The smallest absolute Gasteiger partial charge is 0.174 e. The molecule has 2 aromatic rings. The molecule has 0 radical (unpaired) electrons. The van der Waals surface area contributed by atoms with Crippen molar-refractivity contribution in [3.8, 4) is 0 Å². The Bertz CT molecular complexity index is 420. The topological polar surface area (TPSA) is 43.6 Å². The summed E-state index contributed by atoms with van der Waals surface area (Å²) in [6.45, 7) is 1.96. The molecule has 0 bridgehead atoms. The van der Waals surface area contributed by atoms with Crippen molar-refractivity contribution in [2.45, 2.75) is 17.0 Å². The zero-order valence-corrected chi connectivity index (χ0v) is 9.60. The first-order valence-electron chi connectivity index (χ1n) is 4.15. The van der Waals surface area contributed by atoms with Crippen molar-refractivity contribution < 1.29 is 0 Å². The number of imidazole rings is 1. The van der Waals surface area contributed by atoms with E-state index in [1.807, 2.05) is 24.7 Å². The fourth-order valence-electron chi connectivity index (χ4n) is 0.999. The number of nitrogens with zero attached hydrogens (tertiary/aromatic N) is 4. The van der Waals surface area contributed by atoms with E-state index in [9.17, 15) is 0 Å². The Morgan fingerprint density at radius 1 is 1.50 bits per heavy atom. The van der Waals surface area contributed by atoms with Crippen LogP contribution in [0.5, 0.6) is 0 Å². The second kappa shape index (κ2) is 4.10. The lowest BCUT2D eigenvalue weighted by Gasteiger charge is -1.97. The highest BCUT2D eigenvalue weighted by atomic mass is 32.2. The van der Waals surface area contributed by atoms with Crippen LogP contribution < -0.4 is 0 Å². The molecular formula is C8H10N4S2. The van der Waals surface area contributed by atoms with Crippen LogP contribution in [0.25, 0.3) is 0 Å². The molecule has 0 aliphatic heterocycles. The van der Waals surface area contributed by atoms with Gasteiger partial charge in [-0.3, -0.25) is 0 Å². The van der Waals surface area contributed by atoms with Gasteiger partial charge in [0.15, 0.2) is 4.34 Å². The molecule has 0 atom stereocenters. The minimum Gasteiger partial charge on any atom is -0.337 e. The van der Waals surface area contributed by atoms with Crippen LogP contribution in [0.15, 0.2) is 16.7 Å². The fraction of sp³-hybridized carbons (Fsp3) is 0.375. The number of aromatic nitrogens is 4. The third-order valence-corrected chi connectivity index (χ3v) is 3.72. The highest BCUT2D eigenvalue weighted by Gasteiger charge is 2.04. The first kappa shape index (κ1) is 9.67. The monoisotopic (exact) mass is 226 g/mol. The molecular weight excluding hydrogens is 216 g/mol. The first-order valence-corrected chi connectivity index (χ1v) is 5.95. The van der Waals surface area contributed by atoms with Gasteiger partial charge in [0.1, 0.15) is 10.8 Å². The number of aryl methyl sites for hydroxylation is 2.